The maximum atomic E-state index is 5.90. The van der Waals surface area contributed by atoms with E-state index in [1.54, 1.807) is 0 Å². The topological polar surface area (TPSA) is 24.5 Å². The van der Waals surface area contributed by atoms with Crippen LogP contribution in [0.25, 0.3) is 0 Å². The maximum absolute atomic E-state index is 5.90. The summed E-state index contributed by atoms with van der Waals surface area (Å²) in [7, 11) is 1.99. The molecule has 1 rings (SSSR count). The molecule has 1 aliphatic rings. The zero-order chi connectivity index (χ0) is 11.1. The Morgan fingerprint density at radius 2 is 1.93 bits per heavy atom. The minimum atomic E-state index is 0.359. The van der Waals surface area contributed by atoms with Gasteiger partial charge in [0.1, 0.15) is 0 Å². The van der Waals surface area contributed by atoms with Crippen LogP contribution in [0.3, 0.4) is 0 Å². The van der Waals surface area contributed by atoms with Crippen LogP contribution >= 0.6 is 0 Å². The van der Waals surface area contributed by atoms with Crippen molar-refractivity contribution in [3.63, 3.8) is 0 Å². The Morgan fingerprint density at radius 3 is 2.47 bits per heavy atom. The maximum Gasteiger partial charge on any atom is 0.0722 e. The van der Waals surface area contributed by atoms with Crippen LogP contribution in [0.1, 0.15) is 26.7 Å². The van der Waals surface area contributed by atoms with Gasteiger partial charge in [-0.05, 0) is 38.9 Å². The van der Waals surface area contributed by atoms with Crippen molar-refractivity contribution in [3.05, 3.63) is 0 Å². The molecule has 15 heavy (non-hydrogen) atoms. The number of nitrogens with one attached hydrogen (secondary N) is 1. The average Bonchev–Trinajstić information content (AvgIpc) is 2.69. The summed E-state index contributed by atoms with van der Waals surface area (Å²) in [5.74, 6) is 0.594. The molecular weight excluding hydrogens is 188 g/mol. The van der Waals surface area contributed by atoms with Crippen molar-refractivity contribution in [2.45, 2.75) is 32.8 Å². The largest absolute Gasteiger partial charge is 0.375 e. The molecule has 0 aromatic rings. The Hall–Kier alpha value is -0.120. The lowest BCUT2D eigenvalue weighted by molar-refractivity contribution is 0.0147. The summed E-state index contributed by atoms with van der Waals surface area (Å²) in [5.41, 5.74) is 0. The van der Waals surface area contributed by atoms with Crippen LogP contribution in [0.5, 0.6) is 0 Å². The molecule has 1 atom stereocenters. The lowest BCUT2D eigenvalue weighted by Gasteiger charge is -2.23. The summed E-state index contributed by atoms with van der Waals surface area (Å²) < 4.78 is 5.90. The number of likely N-dealkylation sites (N-methyl/N-ethyl adjacent to an activating group) is 1. The van der Waals surface area contributed by atoms with Crippen LogP contribution in [0.2, 0.25) is 0 Å². The van der Waals surface area contributed by atoms with E-state index in [1.807, 2.05) is 7.05 Å². The zero-order valence-corrected chi connectivity index (χ0v) is 10.5. The van der Waals surface area contributed by atoms with Gasteiger partial charge in [-0.25, -0.2) is 0 Å². The number of hydrogen-bond donors (Lipinski definition) is 1. The second-order valence-corrected chi connectivity index (χ2v) is 4.76. The van der Waals surface area contributed by atoms with Gasteiger partial charge >= 0.3 is 0 Å². The lowest BCUT2D eigenvalue weighted by Crippen LogP contribution is -2.34. The number of likely N-dealkylation sites (tertiary alicyclic amines) is 1. The predicted molar refractivity (Wildman–Crippen MR) is 64.2 cm³/mol. The molecule has 90 valence electrons. The van der Waals surface area contributed by atoms with Gasteiger partial charge in [-0.3, -0.25) is 0 Å². The van der Waals surface area contributed by atoms with E-state index in [0.717, 1.165) is 19.7 Å². The van der Waals surface area contributed by atoms with E-state index in [0.29, 0.717) is 12.0 Å². The van der Waals surface area contributed by atoms with Gasteiger partial charge in [0, 0.05) is 13.1 Å². The highest BCUT2D eigenvalue weighted by Gasteiger charge is 2.15. The fourth-order valence-electron chi connectivity index (χ4n) is 2.03. The van der Waals surface area contributed by atoms with E-state index >= 15 is 0 Å². The van der Waals surface area contributed by atoms with Crippen LogP contribution < -0.4 is 5.32 Å². The molecule has 0 bridgehead atoms. The van der Waals surface area contributed by atoms with E-state index in [1.165, 1.54) is 25.9 Å². The quantitative estimate of drug-likeness (QED) is 0.692. The predicted octanol–water partition coefficient (Wildman–Crippen LogP) is 1.34. The third kappa shape index (κ3) is 4.96. The highest BCUT2D eigenvalue weighted by atomic mass is 16.5. The molecule has 1 heterocycles. The van der Waals surface area contributed by atoms with Crippen LogP contribution in [0.15, 0.2) is 0 Å². The Labute approximate surface area is 94.2 Å². The number of hydrogen-bond acceptors (Lipinski definition) is 3. The van der Waals surface area contributed by atoms with E-state index in [2.05, 4.69) is 24.1 Å². The fourth-order valence-corrected chi connectivity index (χ4v) is 2.03. The molecule has 0 saturated carbocycles. The van der Waals surface area contributed by atoms with Gasteiger partial charge in [0.05, 0.1) is 12.7 Å². The first-order valence-electron chi connectivity index (χ1n) is 6.22. The second kappa shape index (κ2) is 7.20. The summed E-state index contributed by atoms with van der Waals surface area (Å²) in [5, 5.41) is 3.19. The first kappa shape index (κ1) is 12.9. The van der Waals surface area contributed by atoms with Gasteiger partial charge in [-0.15, -0.1) is 0 Å². The van der Waals surface area contributed by atoms with Gasteiger partial charge in [0.25, 0.3) is 0 Å². The Morgan fingerprint density at radius 1 is 1.27 bits per heavy atom. The van der Waals surface area contributed by atoms with Crippen molar-refractivity contribution in [1.29, 1.82) is 0 Å². The molecule has 1 unspecified atom stereocenters. The number of rotatable bonds is 7. The van der Waals surface area contributed by atoms with Crippen molar-refractivity contribution in [2.24, 2.45) is 5.92 Å². The first-order chi connectivity index (χ1) is 7.24. The molecule has 1 N–H and O–H groups in total. The van der Waals surface area contributed by atoms with Gasteiger partial charge < -0.3 is 15.0 Å². The number of nitrogens with zero attached hydrogens (tertiary/aromatic N) is 1. The molecular formula is C12H26N2O. The Bertz CT molecular complexity index is 156. The molecule has 0 aliphatic carbocycles. The zero-order valence-electron chi connectivity index (χ0n) is 10.5. The summed E-state index contributed by atoms with van der Waals surface area (Å²) in [4.78, 5) is 2.50. The van der Waals surface area contributed by atoms with Crippen LogP contribution in [0, 0.1) is 5.92 Å². The Balaban J connectivity index is 2.09. The second-order valence-electron chi connectivity index (χ2n) is 4.76. The van der Waals surface area contributed by atoms with Gasteiger partial charge in [0.15, 0.2) is 0 Å². The summed E-state index contributed by atoms with van der Waals surface area (Å²) in [6.45, 7) is 9.91. The molecule has 1 fully saturated rings. The third-order valence-corrected chi connectivity index (χ3v) is 3.09. The Kier molecular flexibility index (Phi) is 6.22. The molecule has 0 aromatic heterocycles. The summed E-state index contributed by atoms with van der Waals surface area (Å²) in [6, 6.07) is 0. The molecule has 1 saturated heterocycles. The summed E-state index contributed by atoms with van der Waals surface area (Å²) in [6.07, 6.45) is 3.09. The minimum absolute atomic E-state index is 0.359. The monoisotopic (exact) mass is 214 g/mol. The normalized spacial score (nSPS) is 20.0. The van der Waals surface area contributed by atoms with Crippen molar-refractivity contribution in [2.75, 3.05) is 39.8 Å². The van der Waals surface area contributed by atoms with Crippen LogP contribution in [0.4, 0.5) is 0 Å². The van der Waals surface area contributed by atoms with Crippen molar-refractivity contribution >= 4 is 0 Å². The SMILES string of the molecule is CNCC(OCCN1CCCC1)C(C)C. The van der Waals surface area contributed by atoms with Gasteiger partial charge in [-0.1, -0.05) is 13.8 Å². The van der Waals surface area contributed by atoms with E-state index in [-0.39, 0.29) is 0 Å². The fraction of sp³-hybridized carbons (Fsp3) is 1.00. The molecule has 3 heteroatoms. The van der Waals surface area contributed by atoms with Crippen molar-refractivity contribution < 1.29 is 4.74 Å². The third-order valence-electron chi connectivity index (χ3n) is 3.09. The molecule has 0 spiro atoms. The van der Waals surface area contributed by atoms with E-state index in [9.17, 15) is 0 Å². The highest BCUT2D eigenvalue weighted by Crippen LogP contribution is 2.08. The smallest absolute Gasteiger partial charge is 0.0722 e. The van der Waals surface area contributed by atoms with Crippen LogP contribution in [-0.4, -0.2) is 50.8 Å². The van der Waals surface area contributed by atoms with E-state index < -0.39 is 0 Å². The molecule has 3 nitrogen and oxygen atoms in total. The number of ether oxygens (including phenoxy) is 1. The molecule has 1 aliphatic heterocycles. The molecule has 0 aromatic carbocycles. The lowest BCUT2D eigenvalue weighted by atomic mass is 10.1. The van der Waals surface area contributed by atoms with E-state index in [4.69, 9.17) is 4.74 Å². The van der Waals surface area contributed by atoms with Gasteiger partial charge in [0.2, 0.25) is 0 Å². The van der Waals surface area contributed by atoms with Crippen LogP contribution in [-0.2, 0) is 4.74 Å². The molecule has 0 radical (unpaired) electrons. The minimum Gasteiger partial charge on any atom is -0.375 e. The first-order valence-corrected chi connectivity index (χ1v) is 6.22. The summed E-state index contributed by atoms with van der Waals surface area (Å²) >= 11 is 0. The van der Waals surface area contributed by atoms with Gasteiger partial charge in [-0.2, -0.15) is 0 Å². The van der Waals surface area contributed by atoms with Crippen molar-refractivity contribution in [1.82, 2.24) is 10.2 Å². The average molecular weight is 214 g/mol. The highest BCUT2D eigenvalue weighted by molar-refractivity contribution is 4.68. The van der Waals surface area contributed by atoms with Crippen molar-refractivity contribution in [3.8, 4) is 0 Å². The standard InChI is InChI=1S/C12H26N2O/c1-11(2)12(10-13-3)15-9-8-14-6-4-5-7-14/h11-13H,4-10H2,1-3H3. The molecule has 0 amide bonds.